The number of aromatic amines is 1. The van der Waals surface area contributed by atoms with Gasteiger partial charge in [0.2, 0.25) is 5.91 Å². The largest absolute Gasteiger partial charge is 0.352 e. The van der Waals surface area contributed by atoms with Crippen molar-refractivity contribution in [1.82, 2.24) is 20.1 Å². The number of aromatic nitrogens is 3. The lowest BCUT2D eigenvalue weighted by Crippen LogP contribution is -2.39. The van der Waals surface area contributed by atoms with Crippen LogP contribution in [0.15, 0.2) is 0 Å². The van der Waals surface area contributed by atoms with Gasteiger partial charge in [0, 0.05) is 12.5 Å². The minimum absolute atomic E-state index is 0.0586. The lowest BCUT2D eigenvalue weighted by molar-refractivity contribution is -0.122. The van der Waals surface area contributed by atoms with Gasteiger partial charge in [-0.2, -0.15) is 5.10 Å². The summed E-state index contributed by atoms with van der Waals surface area (Å²) < 4.78 is 2.36. The standard InChI is InChI=1S/C16H28N4OS/c1-3-5-8-12-9-6-10-13(12)17-15(21)11-20-14(7-4-2)18-19-16(20)22/h12-13H,3-11H2,1-2H3,(H,17,21)(H,19,22)/t12-,13-/m1/s1. The third kappa shape index (κ3) is 4.41. The predicted octanol–water partition coefficient (Wildman–Crippen LogP) is 3.37. The number of hydrogen-bond donors (Lipinski definition) is 2. The van der Waals surface area contributed by atoms with Crippen LogP contribution in [-0.4, -0.2) is 26.7 Å². The molecule has 1 aliphatic rings. The van der Waals surface area contributed by atoms with E-state index in [2.05, 4.69) is 29.4 Å². The Morgan fingerprint density at radius 1 is 1.41 bits per heavy atom. The van der Waals surface area contributed by atoms with Gasteiger partial charge >= 0.3 is 0 Å². The fraction of sp³-hybridized carbons (Fsp3) is 0.812. The number of nitrogens with one attached hydrogen (secondary N) is 2. The maximum Gasteiger partial charge on any atom is 0.240 e. The molecule has 124 valence electrons. The number of hydrogen-bond acceptors (Lipinski definition) is 3. The molecule has 0 spiro atoms. The first kappa shape index (κ1) is 17.2. The van der Waals surface area contributed by atoms with Crippen LogP contribution in [0.2, 0.25) is 0 Å². The summed E-state index contributed by atoms with van der Waals surface area (Å²) in [6.45, 7) is 4.60. The molecule has 1 saturated carbocycles. The monoisotopic (exact) mass is 324 g/mol. The van der Waals surface area contributed by atoms with E-state index in [0.29, 0.717) is 16.7 Å². The van der Waals surface area contributed by atoms with E-state index < -0.39 is 0 Å². The van der Waals surface area contributed by atoms with Crippen LogP contribution >= 0.6 is 12.2 Å². The molecule has 1 aromatic rings. The Morgan fingerprint density at radius 2 is 2.23 bits per heavy atom. The summed E-state index contributed by atoms with van der Waals surface area (Å²) >= 11 is 5.23. The predicted molar refractivity (Wildman–Crippen MR) is 90.2 cm³/mol. The summed E-state index contributed by atoms with van der Waals surface area (Å²) in [6, 6.07) is 0.342. The van der Waals surface area contributed by atoms with Gasteiger partial charge in [-0.05, 0) is 43.8 Å². The molecule has 1 aromatic heterocycles. The van der Waals surface area contributed by atoms with E-state index in [9.17, 15) is 4.79 Å². The Hall–Kier alpha value is -1.17. The van der Waals surface area contributed by atoms with E-state index in [1.54, 1.807) is 0 Å². The second kappa shape index (κ2) is 8.46. The number of unbranched alkanes of at least 4 members (excludes halogenated alkanes) is 1. The van der Waals surface area contributed by atoms with Crippen molar-refractivity contribution < 1.29 is 4.79 Å². The molecule has 0 bridgehead atoms. The molecule has 0 aromatic carbocycles. The molecule has 1 amide bonds. The van der Waals surface area contributed by atoms with Crippen LogP contribution in [0, 0.1) is 10.7 Å². The molecule has 2 atom stereocenters. The first-order valence-corrected chi connectivity index (χ1v) is 9.00. The van der Waals surface area contributed by atoms with Crippen LogP contribution in [0.3, 0.4) is 0 Å². The van der Waals surface area contributed by atoms with Crippen molar-refractivity contribution in [2.45, 2.75) is 77.8 Å². The van der Waals surface area contributed by atoms with E-state index in [-0.39, 0.29) is 12.5 Å². The second-order valence-corrected chi connectivity index (χ2v) is 6.68. The van der Waals surface area contributed by atoms with Gasteiger partial charge in [0.25, 0.3) is 0 Å². The quantitative estimate of drug-likeness (QED) is 0.721. The summed E-state index contributed by atoms with van der Waals surface area (Å²) in [5.41, 5.74) is 0. The summed E-state index contributed by atoms with van der Waals surface area (Å²) in [7, 11) is 0. The molecular weight excluding hydrogens is 296 g/mol. The highest BCUT2D eigenvalue weighted by molar-refractivity contribution is 7.71. The van der Waals surface area contributed by atoms with Crippen molar-refractivity contribution in [3.63, 3.8) is 0 Å². The molecule has 0 unspecified atom stereocenters. The Morgan fingerprint density at radius 3 is 2.95 bits per heavy atom. The molecule has 5 nitrogen and oxygen atoms in total. The van der Waals surface area contributed by atoms with E-state index in [0.717, 1.165) is 25.1 Å². The van der Waals surface area contributed by atoms with Gasteiger partial charge in [0.05, 0.1) is 0 Å². The Labute approximate surface area is 137 Å². The first-order valence-electron chi connectivity index (χ1n) is 8.59. The summed E-state index contributed by atoms with van der Waals surface area (Å²) in [4.78, 5) is 12.4. The third-order valence-electron chi connectivity index (χ3n) is 4.55. The van der Waals surface area contributed by atoms with E-state index in [1.807, 2.05) is 4.57 Å². The molecule has 0 radical (unpaired) electrons. The van der Waals surface area contributed by atoms with Gasteiger partial charge in [-0.15, -0.1) is 0 Å². The lowest BCUT2D eigenvalue weighted by atomic mass is 9.97. The number of H-pyrrole nitrogens is 1. The highest BCUT2D eigenvalue weighted by atomic mass is 32.1. The van der Waals surface area contributed by atoms with Crippen molar-refractivity contribution in [3.05, 3.63) is 10.6 Å². The fourth-order valence-electron chi connectivity index (χ4n) is 3.36. The molecule has 1 heterocycles. The molecule has 1 fully saturated rings. The van der Waals surface area contributed by atoms with E-state index in [4.69, 9.17) is 12.2 Å². The molecule has 2 rings (SSSR count). The topological polar surface area (TPSA) is 62.7 Å². The molecule has 6 heteroatoms. The molecule has 0 saturated heterocycles. The highest BCUT2D eigenvalue weighted by Crippen LogP contribution is 2.29. The van der Waals surface area contributed by atoms with Crippen LogP contribution in [0.1, 0.15) is 64.6 Å². The SMILES string of the molecule is CCCC[C@@H]1CCC[C@H]1NC(=O)Cn1c(CCC)n[nH]c1=S. The maximum absolute atomic E-state index is 12.4. The smallest absolute Gasteiger partial charge is 0.240 e. The maximum atomic E-state index is 12.4. The molecular formula is C16H28N4OS. The van der Waals surface area contributed by atoms with Crippen LogP contribution in [0.4, 0.5) is 0 Å². The Kier molecular flexibility index (Phi) is 6.61. The highest BCUT2D eigenvalue weighted by Gasteiger charge is 2.28. The van der Waals surface area contributed by atoms with Crippen LogP contribution in [0.25, 0.3) is 0 Å². The molecule has 1 aliphatic carbocycles. The second-order valence-electron chi connectivity index (χ2n) is 6.29. The Balaban J connectivity index is 1.92. The zero-order valence-electron chi connectivity index (χ0n) is 13.7. The normalized spacial score (nSPS) is 21.2. The fourth-order valence-corrected chi connectivity index (χ4v) is 3.58. The van der Waals surface area contributed by atoms with E-state index in [1.165, 1.54) is 32.1 Å². The zero-order chi connectivity index (χ0) is 15.9. The number of amides is 1. The zero-order valence-corrected chi connectivity index (χ0v) is 14.5. The summed E-state index contributed by atoms with van der Waals surface area (Å²) in [6.07, 6.45) is 9.12. The van der Waals surface area contributed by atoms with Crippen molar-refractivity contribution >= 4 is 18.1 Å². The van der Waals surface area contributed by atoms with Gasteiger partial charge < -0.3 is 5.32 Å². The summed E-state index contributed by atoms with van der Waals surface area (Å²) in [5.74, 6) is 1.58. The van der Waals surface area contributed by atoms with Crippen molar-refractivity contribution in [3.8, 4) is 0 Å². The summed E-state index contributed by atoms with van der Waals surface area (Å²) in [5, 5.41) is 10.2. The van der Waals surface area contributed by atoms with Crippen LogP contribution < -0.4 is 5.32 Å². The van der Waals surface area contributed by atoms with Gasteiger partial charge in [0.1, 0.15) is 12.4 Å². The molecule has 0 aliphatic heterocycles. The van der Waals surface area contributed by atoms with Gasteiger partial charge in [-0.1, -0.05) is 33.1 Å². The number of rotatable bonds is 8. The minimum Gasteiger partial charge on any atom is -0.352 e. The van der Waals surface area contributed by atoms with E-state index >= 15 is 0 Å². The lowest BCUT2D eigenvalue weighted by Gasteiger charge is -2.21. The van der Waals surface area contributed by atoms with Gasteiger partial charge in [-0.3, -0.25) is 14.5 Å². The number of aryl methyl sites for hydroxylation is 1. The number of carbonyl (C=O) groups is 1. The average molecular weight is 324 g/mol. The van der Waals surface area contributed by atoms with Gasteiger partial charge in [0.15, 0.2) is 4.77 Å². The van der Waals surface area contributed by atoms with Gasteiger partial charge in [-0.25, -0.2) is 0 Å². The van der Waals surface area contributed by atoms with Crippen molar-refractivity contribution in [2.75, 3.05) is 0 Å². The first-order chi connectivity index (χ1) is 10.7. The van der Waals surface area contributed by atoms with Crippen LogP contribution in [0.5, 0.6) is 0 Å². The molecule has 2 N–H and O–H groups in total. The minimum atomic E-state index is 0.0586. The van der Waals surface area contributed by atoms with Crippen molar-refractivity contribution in [2.24, 2.45) is 5.92 Å². The Bertz CT molecular complexity index is 536. The number of carbonyl (C=O) groups excluding carboxylic acids is 1. The average Bonchev–Trinajstić information content (AvgIpc) is 3.06. The van der Waals surface area contributed by atoms with Crippen LogP contribution in [-0.2, 0) is 17.8 Å². The van der Waals surface area contributed by atoms with Crippen molar-refractivity contribution in [1.29, 1.82) is 0 Å². The number of nitrogens with zero attached hydrogens (tertiary/aromatic N) is 2. The molecule has 22 heavy (non-hydrogen) atoms. The third-order valence-corrected chi connectivity index (χ3v) is 4.86.